The Bertz CT molecular complexity index is 1060. The maximum absolute atomic E-state index is 12.6. The number of benzene rings is 2. The molecule has 0 aliphatic carbocycles. The van der Waals surface area contributed by atoms with Crippen LogP contribution >= 0.6 is 0 Å². The van der Waals surface area contributed by atoms with Crippen LogP contribution < -0.4 is 5.32 Å². The van der Waals surface area contributed by atoms with Gasteiger partial charge in [-0.3, -0.25) is 4.79 Å². The van der Waals surface area contributed by atoms with Crippen LogP contribution in [-0.2, 0) is 16.1 Å². The highest BCUT2D eigenvalue weighted by molar-refractivity contribution is 5.97. The number of amides is 1. The van der Waals surface area contributed by atoms with Gasteiger partial charge in [-0.05, 0) is 57.4 Å². The highest BCUT2D eigenvalue weighted by atomic mass is 16.5. The van der Waals surface area contributed by atoms with Crippen molar-refractivity contribution < 1.29 is 14.3 Å². The summed E-state index contributed by atoms with van der Waals surface area (Å²) in [5.41, 5.74) is 7.31. The van der Waals surface area contributed by atoms with Gasteiger partial charge in [0.25, 0.3) is 5.91 Å². The molecule has 1 aromatic heterocycles. The number of hydrogen-bond acceptors (Lipinski definition) is 3. The summed E-state index contributed by atoms with van der Waals surface area (Å²) in [6.45, 7) is 10.1. The van der Waals surface area contributed by atoms with E-state index in [1.165, 1.54) is 0 Å². The van der Waals surface area contributed by atoms with Crippen molar-refractivity contribution in [2.75, 3.05) is 11.9 Å². The molecule has 30 heavy (non-hydrogen) atoms. The Morgan fingerprint density at radius 2 is 1.57 bits per heavy atom. The molecule has 0 saturated heterocycles. The van der Waals surface area contributed by atoms with E-state index in [0.717, 1.165) is 39.3 Å². The molecular formula is C25H28N2O3. The number of anilines is 1. The van der Waals surface area contributed by atoms with Crippen LogP contribution in [0.5, 0.6) is 0 Å². The molecule has 5 nitrogen and oxygen atoms in total. The van der Waals surface area contributed by atoms with Gasteiger partial charge in [-0.2, -0.15) is 0 Å². The predicted octanol–water partition coefficient (Wildman–Crippen LogP) is 4.87. The second kappa shape index (κ2) is 8.99. The first-order chi connectivity index (χ1) is 14.3. The second-order valence-electron chi connectivity index (χ2n) is 7.75. The Morgan fingerprint density at radius 1 is 0.933 bits per heavy atom. The lowest BCUT2D eigenvalue weighted by molar-refractivity contribution is -0.119. The van der Waals surface area contributed by atoms with Crippen LogP contribution in [0.2, 0.25) is 0 Å². The van der Waals surface area contributed by atoms with Crippen molar-refractivity contribution in [3.63, 3.8) is 0 Å². The SMILES string of the molecule is Cc1cc(C)c(NC(=O)COC(=O)c2cc(C)n(Cc3ccccc3)c2C)c(C)c1. The first kappa shape index (κ1) is 21.4. The van der Waals surface area contributed by atoms with Gasteiger partial charge in [0.2, 0.25) is 0 Å². The van der Waals surface area contributed by atoms with Crippen molar-refractivity contribution >= 4 is 17.6 Å². The molecule has 0 saturated carbocycles. The van der Waals surface area contributed by atoms with E-state index in [1.54, 1.807) is 0 Å². The van der Waals surface area contributed by atoms with Crippen LogP contribution in [0, 0.1) is 34.6 Å². The maximum Gasteiger partial charge on any atom is 0.340 e. The Kier molecular flexibility index (Phi) is 6.40. The largest absolute Gasteiger partial charge is 0.452 e. The van der Waals surface area contributed by atoms with Crippen LogP contribution in [0.25, 0.3) is 0 Å². The van der Waals surface area contributed by atoms with Crippen molar-refractivity contribution in [3.05, 3.63) is 87.7 Å². The normalized spacial score (nSPS) is 10.7. The molecule has 0 bridgehead atoms. The molecule has 1 heterocycles. The van der Waals surface area contributed by atoms with Gasteiger partial charge in [-0.15, -0.1) is 0 Å². The van der Waals surface area contributed by atoms with Gasteiger partial charge in [-0.1, -0.05) is 48.0 Å². The Balaban J connectivity index is 1.65. The summed E-state index contributed by atoms with van der Waals surface area (Å²) >= 11 is 0. The quantitative estimate of drug-likeness (QED) is 0.596. The molecule has 0 unspecified atom stereocenters. The van der Waals surface area contributed by atoms with Crippen molar-refractivity contribution in [2.45, 2.75) is 41.2 Å². The van der Waals surface area contributed by atoms with E-state index in [9.17, 15) is 9.59 Å². The van der Waals surface area contributed by atoms with Crippen molar-refractivity contribution in [1.29, 1.82) is 0 Å². The molecule has 2 aromatic carbocycles. The molecule has 3 aromatic rings. The minimum absolute atomic E-state index is 0.325. The lowest BCUT2D eigenvalue weighted by Gasteiger charge is -2.13. The van der Waals surface area contributed by atoms with Crippen LogP contribution in [0.15, 0.2) is 48.5 Å². The molecule has 0 aliphatic rings. The number of aryl methyl sites for hydroxylation is 4. The molecular weight excluding hydrogens is 376 g/mol. The first-order valence-electron chi connectivity index (χ1n) is 10.0. The zero-order valence-electron chi connectivity index (χ0n) is 18.2. The number of carbonyl (C=O) groups is 2. The summed E-state index contributed by atoms with van der Waals surface area (Å²) in [7, 11) is 0. The number of ether oxygens (including phenoxy) is 1. The van der Waals surface area contributed by atoms with Gasteiger partial charge >= 0.3 is 5.97 Å². The summed E-state index contributed by atoms with van der Waals surface area (Å²) in [5, 5.41) is 2.86. The maximum atomic E-state index is 12.6. The number of carbonyl (C=O) groups excluding carboxylic acids is 2. The summed E-state index contributed by atoms with van der Waals surface area (Å²) in [4.78, 5) is 24.9. The molecule has 0 atom stereocenters. The Hall–Kier alpha value is -3.34. The minimum Gasteiger partial charge on any atom is -0.452 e. The summed E-state index contributed by atoms with van der Waals surface area (Å²) in [6, 6.07) is 15.9. The number of hydrogen-bond donors (Lipinski definition) is 1. The van der Waals surface area contributed by atoms with E-state index in [2.05, 4.69) is 22.0 Å². The monoisotopic (exact) mass is 404 g/mol. The van der Waals surface area contributed by atoms with E-state index in [1.807, 2.05) is 71.0 Å². The first-order valence-corrected chi connectivity index (χ1v) is 10.0. The average Bonchev–Trinajstić information content (AvgIpc) is 2.98. The fourth-order valence-electron chi connectivity index (χ4n) is 3.78. The average molecular weight is 405 g/mol. The van der Waals surface area contributed by atoms with Crippen molar-refractivity contribution in [1.82, 2.24) is 4.57 Å². The Labute approximate surface area is 177 Å². The van der Waals surface area contributed by atoms with Gasteiger partial charge in [0.15, 0.2) is 6.61 Å². The molecule has 0 spiro atoms. The van der Waals surface area contributed by atoms with E-state index in [0.29, 0.717) is 12.1 Å². The van der Waals surface area contributed by atoms with Crippen molar-refractivity contribution in [3.8, 4) is 0 Å². The fourth-order valence-corrected chi connectivity index (χ4v) is 3.78. The van der Waals surface area contributed by atoms with E-state index in [-0.39, 0.29) is 12.5 Å². The molecule has 156 valence electrons. The fraction of sp³-hybridized carbons (Fsp3) is 0.280. The van der Waals surface area contributed by atoms with Crippen LogP contribution in [0.3, 0.4) is 0 Å². The summed E-state index contributed by atoms with van der Waals surface area (Å²) < 4.78 is 7.38. The molecule has 1 N–H and O–H groups in total. The third-order valence-corrected chi connectivity index (χ3v) is 5.25. The summed E-state index contributed by atoms with van der Waals surface area (Å²) in [6.07, 6.45) is 0. The van der Waals surface area contributed by atoms with E-state index in [4.69, 9.17) is 4.74 Å². The number of nitrogens with zero attached hydrogens (tertiary/aromatic N) is 1. The van der Waals surface area contributed by atoms with Crippen LogP contribution in [0.4, 0.5) is 5.69 Å². The van der Waals surface area contributed by atoms with Gasteiger partial charge in [0.1, 0.15) is 0 Å². The molecule has 0 aliphatic heterocycles. The smallest absolute Gasteiger partial charge is 0.340 e. The summed E-state index contributed by atoms with van der Waals surface area (Å²) in [5.74, 6) is -0.841. The van der Waals surface area contributed by atoms with Crippen molar-refractivity contribution in [2.24, 2.45) is 0 Å². The molecule has 0 fully saturated rings. The second-order valence-corrected chi connectivity index (χ2v) is 7.75. The lowest BCUT2D eigenvalue weighted by atomic mass is 10.1. The van der Waals surface area contributed by atoms with Gasteiger partial charge < -0.3 is 14.6 Å². The molecule has 5 heteroatoms. The Morgan fingerprint density at radius 3 is 2.20 bits per heavy atom. The lowest BCUT2D eigenvalue weighted by Crippen LogP contribution is -2.22. The standard InChI is InChI=1S/C25H28N2O3/c1-16-11-17(2)24(18(3)12-16)26-23(28)15-30-25(29)22-13-19(4)27(20(22)5)14-21-9-7-6-8-10-21/h6-13H,14-15H2,1-5H3,(H,26,28). The third-order valence-electron chi connectivity index (χ3n) is 5.25. The number of esters is 1. The number of aromatic nitrogens is 1. The van der Waals surface area contributed by atoms with Gasteiger partial charge in [0, 0.05) is 23.6 Å². The van der Waals surface area contributed by atoms with E-state index < -0.39 is 5.97 Å². The molecule has 0 radical (unpaired) electrons. The highest BCUT2D eigenvalue weighted by Crippen LogP contribution is 2.22. The van der Waals surface area contributed by atoms with E-state index >= 15 is 0 Å². The zero-order chi connectivity index (χ0) is 21.8. The van der Waals surface area contributed by atoms with Gasteiger partial charge in [-0.25, -0.2) is 4.79 Å². The topological polar surface area (TPSA) is 60.3 Å². The predicted molar refractivity (Wildman–Crippen MR) is 119 cm³/mol. The van der Waals surface area contributed by atoms with Crippen LogP contribution in [0.1, 0.15) is 44.0 Å². The van der Waals surface area contributed by atoms with Gasteiger partial charge in [0.05, 0.1) is 5.56 Å². The molecule has 3 rings (SSSR count). The highest BCUT2D eigenvalue weighted by Gasteiger charge is 2.18. The number of rotatable bonds is 6. The van der Waals surface area contributed by atoms with Crippen LogP contribution in [-0.4, -0.2) is 23.1 Å². The zero-order valence-corrected chi connectivity index (χ0v) is 18.2. The molecule has 1 amide bonds. The minimum atomic E-state index is -0.491. The third kappa shape index (κ3) is 4.79. The number of nitrogens with one attached hydrogen (secondary N) is 1.